The van der Waals surface area contributed by atoms with Gasteiger partial charge in [0.05, 0.1) is 6.42 Å². The summed E-state index contributed by atoms with van der Waals surface area (Å²) in [7, 11) is 0. The minimum atomic E-state index is -0.311. The highest BCUT2D eigenvalue weighted by Gasteiger charge is 2.07. The molecule has 0 aliphatic carbocycles. The molecular formula is C14H13NO2. The first kappa shape index (κ1) is 11.2. The van der Waals surface area contributed by atoms with Crippen molar-refractivity contribution in [3.63, 3.8) is 0 Å². The maximum atomic E-state index is 11.7. The summed E-state index contributed by atoms with van der Waals surface area (Å²) in [5, 5.41) is 0. The highest BCUT2D eigenvalue weighted by molar-refractivity contribution is 5.77. The van der Waals surface area contributed by atoms with E-state index >= 15 is 0 Å². The Morgan fingerprint density at radius 2 is 1.65 bits per heavy atom. The normalized spacial score (nSPS) is 9.88. The Morgan fingerprint density at radius 3 is 2.35 bits per heavy atom. The molecule has 0 radical (unpaired) electrons. The van der Waals surface area contributed by atoms with Crippen LogP contribution in [0.15, 0.2) is 54.6 Å². The highest BCUT2D eigenvalue weighted by Crippen LogP contribution is 2.14. The fraction of sp³-hybridized carbons (Fsp3) is 0.0714. The van der Waals surface area contributed by atoms with E-state index in [1.54, 1.807) is 18.2 Å². The number of nitrogens with two attached hydrogens (primary N) is 1. The van der Waals surface area contributed by atoms with Crippen LogP contribution in [-0.4, -0.2) is 5.97 Å². The van der Waals surface area contributed by atoms with E-state index in [9.17, 15) is 4.79 Å². The first-order chi connectivity index (χ1) is 8.25. The molecule has 2 rings (SSSR count). The van der Waals surface area contributed by atoms with Gasteiger partial charge >= 0.3 is 5.97 Å². The summed E-state index contributed by atoms with van der Waals surface area (Å²) in [6, 6.07) is 16.3. The summed E-state index contributed by atoms with van der Waals surface area (Å²) in [5.41, 5.74) is 7.15. The Bertz CT molecular complexity index is 509. The average molecular weight is 227 g/mol. The van der Waals surface area contributed by atoms with Crippen molar-refractivity contribution < 1.29 is 9.53 Å². The fourth-order valence-electron chi connectivity index (χ4n) is 1.51. The van der Waals surface area contributed by atoms with Gasteiger partial charge in [-0.05, 0) is 23.8 Å². The zero-order valence-electron chi connectivity index (χ0n) is 9.30. The summed E-state index contributed by atoms with van der Waals surface area (Å²) in [5.74, 6) is 0.237. The van der Waals surface area contributed by atoms with Crippen LogP contribution in [0.5, 0.6) is 5.75 Å². The molecule has 0 unspecified atom stereocenters. The molecule has 0 bridgehead atoms. The van der Waals surface area contributed by atoms with Gasteiger partial charge in [0.15, 0.2) is 0 Å². The molecular weight excluding hydrogens is 214 g/mol. The Morgan fingerprint density at radius 1 is 1.00 bits per heavy atom. The van der Waals surface area contributed by atoms with Crippen LogP contribution in [0.4, 0.5) is 5.69 Å². The van der Waals surface area contributed by atoms with Crippen molar-refractivity contribution in [2.45, 2.75) is 6.42 Å². The number of ether oxygens (including phenoxy) is 1. The van der Waals surface area contributed by atoms with Crippen LogP contribution in [-0.2, 0) is 11.2 Å². The molecule has 0 saturated heterocycles. The van der Waals surface area contributed by atoms with Crippen LogP contribution in [0, 0.1) is 0 Å². The lowest BCUT2D eigenvalue weighted by Crippen LogP contribution is -2.12. The third kappa shape index (κ3) is 3.08. The third-order valence-electron chi connectivity index (χ3n) is 2.36. The number of carbonyl (C=O) groups is 1. The van der Waals surface area contributed by atoms with Crippen molar-refractivity contribution in [1.82, 2.24) is 0 Å². The van der Waals surface area contributed by atoms with E-state index in [4.69, 9.17) is 10.5 Å². The first-order valence-corrected chi connectivity index (χ1v) is 5.35. The predicted octanol–water partition coefficient (Wildman–Crippen LogP) is 2.42. The molecule has 0 aliphatic heterocycles. The summed E-state index contributed by atoms with van der Waals surface area (Å²) in [6.07, 6.45) is 0.182. The van der Waals surface area contributed by atoms with Gasteiger partial charge in [-0.1, -0.05) is 36.4 Å². The molecule has 2 N–H and O–H groups in total. The average Bonchev–Trinajstić information content (AvgIpc) is 2.33. The molecule has 0 heterocycles. The van der Waals surface area contributed by atoms with Gasteiger partial charge in [-0.15, -0.1) is 0 Å². The van der Waals surface area contributed by atoms with Crippen LogP contribution >= 0.6 is 0 Å². The Kier molecular flexibility index (Phi) is 3.40. The van der Waals surface area contributed by atoms with Gasteiger partial charge in [-0.3, -0.25) is 4.79 Å². The lowest BCUT2D eigenvalue weighted by Gasteiger charge is -2.06. The van der Waals surface area contributed by atoms with Crippen molar-refractivity contribution in [3.05, 3.63) is 60.2 Å². The largest absolute Gasteiger partial charge is 0.426 e. The van der Waals surface area contributed by atoms with Crippen LogP contribution in [0.2, 0.25) is 0 Å². The number of rotatable bonds is 3. The van der Waals surface area contributed by atoms with E-state index in [-0.39, 0.29) is 12.4 Å². The number of carbonyl (C=O) groups excluding carboxylic acids is 1. The molecule has 0 saturated carbocycles. The number of benzene rings is 2. The second-order valence-electron chi connectivity index (χ2n) is 3.66. The SMILES string of the molecule is Nc1ccccc1CC(=O)Oc1ccccc1. The molecule has 86 valence electrons. The van der Waals surface area contributed by atoms with Crippen molar-refractivity contribution in [3.8, 4) is 5.75 Å². The molecule has 17 heavy (non-hydrogen) atoms. The van der Waals surface area contributed by atoms with Crippen LogP contribution in [0.3, 0.4) is 0 Å². The van der Waals surface area contributed by atoms with Gasteiger partial charge in [0.1, 0.15) is 5.75 Å². The van der Waals surface area contributed by atoms with Gasteiger partial charge < -0.3 is 10.5 Å². The van der Waals surface area contributed by atoms with Gasteiger partial charge in [0.2, 0.25) is 0 Å². The van der Waals surface area contributed by atoms with E-state index in [2.05, 4.69) is 0 Å². The van der Waals surface area contributed by atoms with Gasteiger partial charge in [-0.2, -0.15) is 0 Å². The minimum Gasteiger partial charge on any atom is -0.426 e. The predicted molar refractivity (Wildman–Crippen MR) is 66.6 cm³/mol. The van der Waals surface area contributed by atoms with Crippen molar-refractivity contribution in [2.24, 2.45) is 0 Å². The molecule has 0 amide bonds. The van der Waals surface area contributed by atoms with E-state index in [0.717, 1.165) is 5.56 Å². The van der Waals surface area contributed by atoms with Crippen molar-refractivity contribution in [2.75, 3.05) is 5.73 Å². The molecule has 0 aliphatic rings. The van der Waals surface area contributed by atoms with Gasteiger partial charge in [-0.25, -0.2) is 0 Å². The second kappa shape index (κ2) is 5.16. The number of para-hydroxylation sites is 2. The summed E-state index contributed by atoms with van der Waals surface area (Å²) in [6.45, 7) is 0. The number of hydrogen-bond acceptors (Lipinski definition) is 3. The number of esters is 1. The molecule has 3 nitrogen and oxygen atoms in total. The number of hydrogen-bond donors (Lipinski definition) is 1. The van der Waals surface area contributed by atoms with Crippen molar-refractivity contribution in [1.29, 1.82) is 0 Å². The maximum absolute atomic E-state index is 11.7. The van der Waals surface area contributed by atoms with E-state index in [1.165, 1.54) is 0 Å². The summed E-state index contributed by atoms with van der Waals surface area (Å²) < 4.78 is 5.18. The Hall–Kier alpha value is -2.29. The van der Waals surface area contributed by atoms with Gasteiger partial charge in [0.25, 0.3) is 0 Å². The standard InChI is InChI=1S/C14H13NO2/c15-13-9-5-4-6-11(13)10-14(16)17-12-7-2-1-3-8-12/h1-9H,10,15H2. The lowest BCUT2D eigenvalue weighted by molar-refractivity contribution is -0.133. The maximum Gasteiger partial charge on any atom is 0.315 e. The monoisotopic (exact) mass is 227 g/mol. The molecule has 0 fully saturated rings. The topological polar surface area (TPSA) is 52.3 Å². The van der Waals surface area contributed by atoms with Crippen LogP contribution in [0.1, 0.15) is 5.56 Å². The Balaban J connectivity index is 2.01. The number of nitrogen functional groups attached to an aromatic ring is 1. The molecule has 0 spiro atoms. The smallest absolute Gasteiger partial charge is 0.315 e. The molecule has 3 heteroatoms. The van der Waals surface area contributed by atoms with Gasteiger partial charge in [0, 0.05) is 5.69 Å². The van der Waals surface area contributed by atoms with E-state index in [0.29, 0.717) is 11.4 Å². The molecule has 0 aromatic heterocycles. The van der Waals surface area contributed by atoms with E-state index < -0.39 is 0 Å². The number of anilines is 1. The summed E-state index contributed by atoms with van der Waals surface area (Å²) in [4.78, 5) is 11.7. The zero-order valence-corrected chi connectivity index (χ0v) is 9.30. The van der Waals surface area contributed by atoms with Crippen molar-refractivity contribution >= 4 is 11.7 Å². The van der Waals surface area contributed by atoms with Crippen LogP contribution < -0.4 is 10.5 Å². The molecule has 2 aromatic carbocycles. The Labute approximate surface area is 99.8 Å². The fourth-order valence-corrected chi connectivity index (χ4v) is 1.51. The lowest BCUT2D eigenvalue weighted by atomic mass is 10.1. The second-order valence-corrected chi connectivity index (χ2v) is 3.66. The zero-order chi connectivity index (χ0) is 12.1. The quantitative estimate of drug-likeness (QED) is 0.497. The van der Waals surface area contributed by atoms with E-state index in [1.807, 2.05) is 36.4 Å². The first-order valence-electron chi connectivity index (χ1n) is 5.35. The molecule has 0 atom stereocenters. The summed E-state index contributed by atoms with van der Waals surface area (Å²) >= 11 is 0. The van der Waals surface area contributed by atoms with Crippen LogP contribution in [0.25, 0.3) is 0 Å². The highest BCUT2D eigenvalue weighted by atomic mass is 16.5. The molecule has 2 aromatic rings. The third-order valence-corrected chi connectivity index (χ3v) is 2.36. The minimum absolute atomic E-state index is 0.182.